The van der Waals surface area contributed by atoms with Crippen LogP contribution in [0.3, 0.4) is 0 Å². The molecule has 4 rings (SSSR count). The van der Waals surface area contributed by atoms with E-state index < -0.39 is 16.1 Å². The van der Waals surface area contributed by atoms with E-state index in [4.69, 9.17) is 4.74 Å². The zero-order chi connectivity index (χ0) is 19.9. The van der Waals surface area contributed by atoms with E-state index in [1.54, 1.807) is 18.2 Å². The van der Waals surface area contributed by atoms with Crippen LogP contribution in [0, 0.1) is 0 Å². The topological polar surface area (TPSA) is 66.8 Å². The predicted octanol–water partition coefficient (Wildman–Crippen LogP) is 3.91. The molecule has 28 heavy (non-hydrogen) atoms. The fourth-order valence-corrected chi connectivity index (χ4v) is 5.42. The molecule has 1 atom stereocenters. The summed E-state index contributed by atoms with van der Waals surface area (Å²) >= 11 is 0. The predicted molar refractivity (Wildman–Crippen MR) is 111 cm³/mol. The molecule has 5 nitrogen and oxygen atoms in total. The molecule has 0 bridgehead atoms. The smallest absolute Gasteiger partial charge is 0.265 e. The molecule has 0 spiro atoms. The zero-order valence-electron chi connectivity index (χ0n) is 15.9. The molecule has 146 valence electrons. The molecule has 0 saturated heterocycles. The Hall–Kier alpha value is -2.57. The summed E-state index contributed by atoms with van der Waals surface area (Å²) in [6.45, 7) is 4.11. The minimum atomic E-state index is -3.68. The summed E-state index contributed by atoms with van der Waals surface area (Å²) in [6.07, 6.45) is -0.959. The first-order valence-corrected chi connectivity index (χ1v) is 10.8. The van der Waals surface area contributed by atoms with Crippen molar-refractivity contribution in [3.05, 3.63) is 66.2 Å². The minimum Gasteiger partial charge on any atom is -0.491 e. The summed E-state index contributed by atoms with van der Waals surface area (Å²) < 4.78 is 33.1. The molecular formula is C22H23NO4S. The highest BCUT2D eigenvalue weighted by Crippen LogP contribution is 2.41. The van der Waals surface area contributed by atoms with Gasteiger partial charge in [-0.2, -0.15) is 0 Å². The maximum atomic E-state index is 13.0. The van der Waals surface area contributed by atoms with Gasteiger partial charge in [-0.15, -0.1) is 0 Å². The summed E-state index contributed by atoms with van der Waals surface area (Å²) in [5.74, 6) is 1.01. The molecule has 1 N–H and O–H groups in total. The monoisotopic (exact) mass is 397 g/mol. The van der Waals surface area contributed by atoms with E-state index in [1.165, 1.54) is 4.31 Å². The van der Waals surface area contributed by atoms with Crippen LogP contribution in [0.1, 0.15) is 25.3 Å². The number of aliphatic hydroxyl groups excluding tert-OH is 1. The maximum Gasteiger partial charge on any atom is 0.265 e. The number of hydrogen-bond acceptors (Lipinski definition) is 4. The highest BCUT2D eigenvalue weighted by atomic mass is 32.2. The van der Waals surface area contributed by atoms with E-state index in [-0.39, 0.29) is 13.2 Å². The highest BCUT2D eigenvalue weighted by Gasteiger charge is 2.36. The lowest BCUT2D eigenvalue weighted by molar-refractivity contribution is 0.114. The highest BCUT2D eigenvalue weighted by molar-refractivity contribution is 7.93. The summed E-state index contributed by atoms with van der Waals surface area (Å²) in [5.41, 5.74) is 1.66. The largest absolute Gasteiger partial charge is 0.491 e. The first kappa shape index (κ1) is 18.8. The van der Waals surface area contributed by atoms with Crippen molar-refractivity contribution < 1.29 is 18.3 Å². The van der Waals surface area contributed by atoms with Crippen molar-refractivity contribution in [3.63, 3.8) is 0 Å². The fourth-order valence-electron chi connectivity index (χ4n) is 3.67. The summed E-state index contributed by atoms with van der Waals surface area (Å²) in [6, 6.07) is 18.4. The molecule has 3 aromatic carbocycles. The Morgan fingerprint density at radius 2 is 1.71 bits per heavy atom. The van der Waals surface area contributed by atoms with Crippen LogP contribution in [-0.4, -0.2) is 32.8 Å². The van der Waals surface area contributed by atoms with Crippen LogP contribution >= 0.6 is 0 Å². The molecule has 0 aliphatic carbocycles. The number of benzene rings is 3. The Bertz CT molecular complexity index is 1120. The number of para-hydroxylation sites is 1. The molecular weight excluding hydrogens is 374 g/mol. The third-order valence-electron chi connectivity index (χ3n) is 5.03. The first-order chi connectivity index (χ1) is 13.4. The van der Waals surface area contributed by atoms with E-state index in [1.807, 2.05) is 42.5 Å². The molecule has 6 heteroatoms. The van der Waals surface area contributed by atoms with Crippen molar-refractivity contribution in [1.29, 1.82) is 0 Å². The molecule has 1 heterocycles. The van der Waals surface area contributed by atoms with Crippen LogP contribution in [0.5, 0.6) is 5.75 Å². The summed E-state index contributed by atoms with van der Waals surface area (Å²) in [5, 5.41) is 12.1. The molecule has 1 aliphatic heterocycles. The van der Waals surface area contributed by atoms with Crippen molar-refractivity contribution in [3.8, 4) is 5.75 Å². The van der Waals surface area contributed by atoms with Crippen molar-refractivity contribution in [1.82, 2.24) is 0 Å². The van der Waals surface area contributed by atoms with E-state index in [0.717, 1.165) is 10.9 Å². The van der Waals surface area contributed by atoms with E-state index >= 15 is 0 Å². The van der Waals surface area contributed by atoms with Gasteiger partial charge in [-0.1, -0.05) is 56.3 Å². The third-order valence-corrected chi connectivity index (χ3v) is 6.85. The number of anilines is 1. The van der Waals surface area contributed by atoms with Crippen LogP contribution in [0.2, 0.25) is 0 Å². The number of aliphatic hydroxyl groups is 1. The molecule has 1 aliphatic rings. The third kappa shape index (κ3) is 3.12. The molecule has 0 radical (unpaired) electrons. The van der Waals surface area contributed by atoms with E-state index in [2.05, 4.69) is 13.8 Å². The van der Waals surface area contributed by atoms with Crippen molar-refractivity contribution in [2.75, 3.05) is 17.5 Å². The Labute approximate surface area is 165 Å². The molecule has 0 aromatic heterocycles. The maximum absolute atomic E-state index is 13.0. The Morgan fingerprint density at radius 1 is 1.00 bits per heavy atom. The van der Waals surface area contributed by atoms with Gasteiger partial charge in [0.15, 0.2) is 0 Å². The number of ether oxygens (including phenoxy) is 1. The van der Waals surface area contributed by atoms with Crippen molar-refractivity contribution in [2.24, 2.45) is 0 Å². The SMILES string of the molecule is CC(C)c1ccccc1OCC(O)CN1c2cccc3cccc(c23)S1(=O)=O. The quantitative estimate of drug-likeness (QED) is 0.685. The Morgan fingerprint density at radius 3 is 2.46 bits per heavy atom. The second kappa shape index (κ2) is 7.11. The van der Waals surface area contributed by atoms with Crippen LogP contribution in [-0.2, 0) is 10.0 Å². The normalized spacial score (nSPS) is 15.9. The first-order valence-electron chi connectivity index (χ1n) is 9.34. The van der Waals surface area contributed by atoms with Crippen molar-refractivity contribution >= 4 is 26.5 Å². The number of hydrogen-bond donors (Lipinski definition) is 1. The van der Waals surface area contributed by atoms with Gasteiger partial charge in [0.05, 0.1) is 17.1 Å². The van der Waals surface area contributed by atoms with Crippen LogP contribution in [0.25, 0.3) is 10.8 Å². The van der Waals surface area contributed by atoms with Gasteiger partial charge in [0, 0.05) is 5.39 Å². The standard InChI is InChI=1S/C22H23NO4S/c1-15(2)18-9-3-4-11-20(18)27-14-17(24)13-23-19-10-5-7-16-8-6-12-21(22(16)19)28(23,25)26/h3-12,15,17,24H,13-14H2,1-2H3. The van der Waals surface area contributed by atoms with Gasteiger partial charge in [0.2, 0.25) is 0 Å². The molecule has 3 aromatic rings. The van der Waals surface area contributed by atoms with Gasteiger partial charge in [-0.05, 0) is 35.1 Å². The summed E-state index contributed by atoms with van der Waals surface area (Å²) in [7, 11) is -3.68. The van der Waals surface area contributed by atoms with Gasteiger partial charge in [-0.25, -0.2) is 8.42 Å². The van der Waals surface area contributed by atoms with Gasteiger partial charge >= 0.3 is 0 Å². The Balaban J connectivity index is 1.55. The van der Waals surface area contributed by atoms with Gasteiger partial charge in [-0.3, -0.25) is 4.31 Å². The van der Waals surface area contributed by atoms with Crippen LogP contribution in [0.4, 0.5) is 5.69 Å². The van der Waals surface area contributed by atoms with Crippen LogP contribution < -0.4 is 9.04 Å². The Kier molecular flexibility index (Phi) is 4.77. The van der Waals surface area contributed by atoms with Gasteiger partial charge < -0.3 is 9.84 Å². The molecule has 1 unspecified atom stereocenters. The van der Waals surface area contributed by atoms with Gasteiger partial charge in [0.1, 0.15) is 18.5 Å². The number of sulfonamides is 1. The summed E-state index contributed by atoms with van der Waals surface area (Å²) in [4.78, 5) is 0.291. The van der Waals surface area contributed by atoms with Crippen molar-refractivity contribution in [2.45, 2.75) is 30.8 Å². The molecule has 0 fully saturated rings. The number of nitrogens with zero attached hydrogens (tertiary/aromatic N) is 1. The average molecular weight is 397 g/mol. The lowest BCUT2D eigenvalue weighted by atomic mass is 10.0. The second-order valence-electron chi connectivity index (χ2n) is 7.32. The molecule has 0 amide bonds. The fraction of sp³-hybridized carbons (Fsp3) is 0.273. The lowest BCUT2D eigenvalue weighted by Gasteiger charge is -2.23. The lowest BCUT2D eigenvalue weighted by Crippen LogP contribution is -2.37. The van der Waals surface area contributed by atoms with E-state index in [9.17, 15) is 13.5 Å². The minimum absolute atomic E-state index is 0.0159. The van der Waals surface area contributed by atoms with E-state index in [0.29, 0.717) is 27.6 Å². The average Bonchev–Trinajstić information content (AvgIpc) is 2.90. The second-order valence-corrected chi connectivity index (χ2v) is 9.16. The number of β-amino-alcohol motifs (C(OH)–C–C–N with tert-alkyl or cyclic N) is 1. The van der Waals surface area contributed by atoms with Gasteiger partial charge in [0.25, 0.3) is 10.0 Å². The molecule has 0 saturated carbocycles. The zero-order valence-corrected chi connectivity index (χ0v) is 16.7. The number of rotatable bonds is 6. The van der Waals surface area contributed by atoms with Crippen LogP contribution in [0.15, 0.2) is 65.6 Å².